The molecular formula is C21H22FN3O3. The summed E-state index contributed by atoms with van der Waals surface area (Å²) in [6.07, 6.45) is 0.605. The van der Waals surface area contributed by atoms with Gasteiger partial charge < -0.3 is 15.4 Å². The van der Waals surface area contributed by atoms with Gasteiger partial charge in [0.1, 0.15) is 11.9 Å². The Hall–Kier alpha value is -3.35. The zero-order valence-electron chi connectivity index (χ0n) is 15.6. The van der Waals surface area contributed by atoms with Gasteiger partial charge in [0, 0.05) is 19.0 Å². The molecule has 0 bridgehead atoms. The van der Waals surface area contributed by atoms with Gasteiger partial charge in [-0.2, -0.15) is 0 Å². The maximum atomic E-state index is 14.7. The van der Waals surface area contributed by atoms with E-state index in [4.69, 9.17) is 4.74 Å². The second-order valence-electron chi connectivity index (χ2n) is 6.50. The van der Waals surface area contributed by atoms with Crippen molar-refractivity contribution in [3.05, 3.63) is 66.6 Å². The van der Waals surface area contributed by atoms with Gasteiger partial charge in [0.2, 0.25) is 5.91 Å². The highest BCUT2D eigenvalue weighted by Crippen LogP contribution is 2.29. The first-order valence-electron chi connectivity index (χ1n) is 8.93. The van der Waals surface area contributed by atoms with Crippen LogP contribution in [0.3, 0.4) is 0 Å². The lowest BCUT2D eigenvalue weighted by molar-refractivity contribution is -0.119. The van der Waals surface area contributed by atoms with E-state index in [9.17, 15) is 14.0 Å². The van der Waals surface area contributed by atoms with E-state index in [1.54, 1.807) is 18.3 Å². The Morgan fingerprint density at radius 1 is 1.32 bits per heavy atom. The van der Waals surface area contributed by atoms with Crippen LogP contribution in [0.25, 0.3) is 11.1 Å². The van der Waals surface area contributed by atoms with Crippen molar-refractivity contribution in [2.45, 2.75) is 19.6 Å². The van der Waals surface area contributed by atoms with Crippen LogP contribution in [0, 0.1) is 5.82 Å². The standard InChI is InChI=1S/C21H22FN3O3/c1-3-23-11-15-4-6-16(7-5-15)19-9-8-17(10-20(19)22)25-13-18(28-21(25)27)12-24-14(2)26/h3-10,18,23H,1,11-13H2,2H3,(H,24,26)/t18-/m0/s1. The van der Waals surface area contributed by atoms with E-state index < -0.39 is 18.0 Å². The molecule has 2 amide bonds. The highest BCUT2D eigenvalue weighted by atomic mass is 19.1. The van der Waals surface area contributed by atoms with Crippen molar-refractivity contribution >= 4 is 17.7 Å². The van der Waals surface area contributed by atoms with E-state index in [1.807, 2.05) is 24.3 Å². The SMILES string of the molecule is C=CNCc1ccc(-c2ccc(N3C[C@H](CNC(C)=O)OC3=O)cc2F)cc1. The average molecular weight is 383 g/mol. The molecule has 0 aromatic heterocycles. The molecule has 0 radical (unpaired) electrons. The van der Waals surface area contributed by atoms with E-state index in [-0.39, 0.29) is 19.0 Å². The zero-order chi connectivity index (χ0) is 20.1. The maximum absolute atomic E-state index is 14.7. The number of hydrogen-bond donors (Lipinski definition) is 2. The Kier molecular flexibility index (Phi) is 5.93. The lowest BCUT2D eigenvalue weighted by Crippen LogP contribution is -2.33. The summed E-state index contributed by atoms with van der Waals surface area (Å²) >= 11 is 0. The van der Waals surface area contributed by atoms with Crippen LogP contribution in [-0.2, 0) is 16.1 Å². The third-order valence-corrected chi connectivity index (χ3v) is 4.43. The van der Waals surface area contributed by atoms with Crippen molar-refractivity contribution in [1.29, 1.82) is 0 Å². The van der Waals surface area contributed by atoms with Gasteiger partial charge in [-0.25, -0.2) is 9.18 Å². The summed E-state index contributed by atoms with van der Waals surface area (Å²) in [6, 6.07) is 12.2. The van der Waals surface area contributed by atoms with Crippen LogP contribution >= 0.6 is 0 Å². The van der Waals surface area contributed by atoms with Gasteiger partial charge in [-0.3, -0.25) is 9.69 Å². The second kappa shape index (κ2) is 8.56. The number of nitrogens with one attached hydrogen (secondary N) is 2. The van der Waals surface area contributed by atoms with Gasteiger partial charge in [0.25, 0.3) is 0 Å². The maximum Gasteiger partial charge on any atom is 0.414 e. The molecule has 1 fully saturated rings. The first-order valence-corrected chi connectivity index (χ1v) is 8.93. The predicted octanol–water partition coefficient (Wildman–Crippen LogP) is 3.19. The quantitative estimate of drug-likeness (QED) is 0.770. The topological polar surface area (TPSA) is 70.7 Å². The normalized spacial score (nSPS) is 15.9. The van der Waals surface area contributed by atoms with Gasteiger partial charge in [-0.05, 0) is 35.5 Å². The summed E-state index contributed by atoms with van der Waals surface area (Å²) in [4.78, 5) is 24.4. The molecule has 0 unspecified atom stereocenters. The van der Waals surface area contributed by atoms with E-state index in [0.717, 1.165) is 11.1 Å². The number of rotatable bonds is 7. The summed E-state index contributed by atoms with van der Waals surface area (Å²) in [5.74, 6) is -0.622. The third-order valence-electron chi connectivity index (χ3n) is 4.43. The molecule has 1 atom stereocenters. The number of hydrogen-bond acceptors (Lipinski definition) is 4. The van der Waals surface area contributed by atoms with Crippen LogP contribution in [0.1, 0.15) is 12.5 Å². The van der Waals surface area contributed by atoms with Crippen LogP contribution in [0.5, 0.6) is 0 Å². The fourth-order valence-electron chi connectivity index (χ4n) is 2.99. The molecule has 2 aromatic carbocycles. The van der Waals surface area contributed by atoms with Gasteiger partial charge in [-0.15, -0.1) is 0 Å². The van der Waals surface area contributed by atoms with E-state index in [0.29, 0.717) is 17.8 Å². The molecule has 28 heavy (non-hydrogen) atoms. The third kappa shape index (κ3) is 4.49. The monoisotopic (exact) mass is 383 g/mol. The Balaban J connectivity index is 1.72. The number of amides is 2. The van der Waals surface area contributed by atoms with E-state index in [2.05, 4.69) is 17.2 Å². The number of nitrogens with zero attached hydrogens (tertiary/aromatic N) is 1. The average Bonchev–Trinajstić information content (AvgIpc) is 3.06. The number of carbonyl (C=O) groups is 2. The number of cyclic esters (lactones) is 1. The molecule has 0 spiro atoms. The van der Waals surface area contributed by atoms with Crippen molar-refractivity contribution < 1.29 is 18.7 Å². The second-order valence-corrected chi connectivity index (χ2v) is 6.50. The molecule has 146 valence electrons. The highest BCUT2D eigenvalue weighted by Gasteiger charge is 2.32. The molecule has 7 heteroatoms. The van der Waals surface area contributed by atoms with Crippen molar-refractivity contribution in [3.63, 3.8) is 0 Å². The lowest BCUT2D eigenvalue weighted by atomic mass is 10.0. The molecule has 1 aliphatic heterocycles. The van der Waals surface area contributed by atoms with Crippen LogP contribution < -0.4 is 15.5 Å². The minimum Gasteiger partial charge on any atom is -0.442 e. The zero-order valence-corrected chi connectivity index (χ0v) is 15.6. The van der Waals surface area contributed by atoms with Crippen molar-refractivity contribution in [2.24, 2.45) is 0 Å². The highest BCUT2D eigenvalue weighted by molar-refractivity contribution is 5.90. The Morgan fingerprint density at radius 2 is 2.07 bits per heavy atom. The molecule has 6 nitrogen and oxygen atoms in total. The van der Waals surface area contributed by atoms with Gasteiger partial charge in [0.15, 0.2) is 0 Å². The Bertz CT molecular complexity index is 883. The number of halogens is 1. The van der Waals surface area contributed by atoms with E-state index >= 15 is 0 Å². The summed E-state index contributed by atoms with van der Waals surface area (Å²) in [7, 11) is 0. The van der Waals surface area contributed by atoms with Crippen molar-refractivity contribution in [2.75, 3.05) is 18.0 Å². The minimum atomic E-state index is -0.554. The molecule has 3 rings (SSSR count). The number of anilines is 1. The molecule has 1 saturated heterocycles. The minimum absolute atomic E-state index is 0.198. The lowest BCUT2D eigenvalue weighted by Gasteiger charge is -2.14. The number of ether oxygens (including phenoxy) is 1. The van der Waals surface area contributed by atoms with Crippen molar-refractivity contribution in [1.82, 2.24) is 10.6 Å². The van der Waals surface area contributed by atoms with E-state index in [1.165, 1.54) is 17.9 Å². The fourth-order valence-corrected chi connectivity index (χ4v) is 2.99. The van der Waals surface area contributed by atoms with Gasteiger partial charge >= 0.3 is 6.09 Å². The van der Waals surface area contributed by atoms with Gasteiger partial charge in [0.05, 0.1) is 18.8 Å². The first kappa shape index (κ1) is 19.4. The predicted molar refractivity (Wildman–Crippen MR) is 105 cm³/mol. The summed E-state index contributed by atoms with van der Waals surface area (Å²) in [6.45, 7) is 6.13. The molecule has 1 aliphatic rings. The molecular weight excluding hydrogens is 361 g/mol. The fraction of sp³-hybridized carbons (Fsp3) is 0.238. The molecule has 1 heterocycles. The smallest absolute Gasteiger partial charge is 0.414 e. The summed E-state index contributed by atoms with van der Waals surface area (Å²) in [5.41, 5.74) is 2.68. The summed E-state index contributed by atoms with van der Waals surface area (Å²) in [5, 5.41) is 5.63. The van der Waals surface area contributed by atoms with Crippen molar-refractivity contribution in [3.8, 4) is 11.1 Å². The van der Waals surface area contributed by atoms with Crippen LogP contribution in [0.15, 0.2) is 55.2 Å². The largest absolute Gasteiger partial charge is 0.442 e. The van der Waals surface area contributed by atoms with Crippen LogP contribution in [-0.4, -0.2) is 31.2 Å². The molecule has 0 saturated carbocycles. The van der Waals surface area contributed by atoms with Crippen LogP contribution in [0.4, 0.5) is 14.9 Å². The molecule has 2 N–H and O–H groups in total. The summed E-state index contributed by atoms with van der Waals surface area (Å²) < 4.78 is 19.9. The Labute approximate surface area is 163 Å². The van der Waals surface area contributed by atoms with Crippen LogP contribution in [0.2, 0.25) is 0 Å². The van der Waals surface area contributed by atoms with Gasteiger partial charge in [-0.1, -0.05) is 30.8 Å². The molecule has 0 aliphatic carbocycles. The molecule has 2 aromatic rings. The number of carbonyl (C=O) groups excluding carboxylic acids is 2. The Morgan fingerprint density at radius 3 is 2.71 bits per heavy atom. The number of benzene rings is 2. The first-order chi connectivity index (χ1) is 13.5.